The van der Waals surface area contributed by atoms with Crippen LogP contribution in [0.5, 0.6) is 0 Å². The smallest absolute Gasteiger partial charge is 0.00964 e. The molecule has 1 N–H and O–H groups in total. The molecule has 0 spiro atoms. The predicted octanol–water partition coefficient (Wildman–Crippen LogP) is 2.39. The molecule has 88 valence electrons. The number of nitrogens with zero attached hydrogens (tertiary/aromatic N) is 1. The number of nitrogens with one attached hydrogen (secondary N) is 1. The number of piperidine rings is 1. The molecule has 2 fully saturated rings. The summed E-state index contributed by atoms with van der Waals surface area (Å²) in [7, 11) is 0. The van der Waals surface area contributed by atoms with Gasteiger partial charge in [-0.2, -0.15) is 0 Å². The molecule has 0 aromatic heterocycles. The molecule has 1 heterocycles. The Morgan fingerprint density at radius 1 is 1.13 bits per heavy atom. The number of hydrogen-bond donors (Lipinski definition) is 1. The molecule has 0 aromatic carbocycles. The van der Waals surface area contributed by atoms with E-state index in [9.17, 15) is 0 Å². The lowest BCUT2D eigenvalue weighted by atomic mass is 10.0. The van der Waals surface area contributed by atoms with Crippen LogP contribution in [0.1, 0.15) is 51.9 Å². The molecule has 2 aliphatic rings. The van der Waals surface area contributed by atoms with Crippen molar-refractivity contribution in [3.05, 3.63) is 0 Å². The SMILES string of the molecule is CCCN(CCC1CCCCN1)C1CC1. The summed E-state index contributed by atoms with van der Waals surface area (Å²) in [5.74, 6) is 0. The minimum atomic E-state index is 0.817. The maximum atomic E-state index is 3.65. The van der Waals surface area contributed by atoms with Gasteiger partial charge in [0.15, 0.2) is 0 Å². The van der Waals surface area contributed by atoms with Gasteiger partial charge in [-0.1, -0.05) is 13.3 Å². The summed E-state index contributed by atoms with van der Waals surface area (Å²) >= 11 is 0. The Bertz CT molecular complexity index is 171. The molecule has 2 nitrogen and oxygen atoms in total. The zero-order valence-corrected chi connectivity index (χ0v) is 10.2. The zero-order valence-electron chi connectivity index (χ0n) is 10.2. The van der Waals surface area contributed by atoms with Crippen LogP contribution in [-0.2, 0) is 0 Å². The van der Waals surface area contributed by atoms with Crippen LogP contribution in [0.15, 0.2) is 0 Å². The Morgan fingerprint density at radius 2 is 2.00 bits per heavy atom. The second-order valence-electron chi connectivity index (χ2n) is 5.20. The third kappa shape index (κ3) is 3.76. The molecule has 15 heavy (non-hydrogen) atoms. The molecular formula is C13H26N2. The van der Waals surface area contributed by atoms with Crippen LogP contribution in [0.2, 0.25) is 0 Å². The molecular weight excluding hydrogens is 184 g/mol. The molecule has 0 radical (unpaired) electrons. The molecule has 0 amide bonds. The Kier molecular flexibility index (Phi) is 4.45. The zero-order chi connectivity index (χ0) is 10.5. The molecule has 0 aromatic rings. The van der Waals surface area contributed by atoms with Crippen molar-refractivity contribution in [2.75, 3.05) is 19.6 Å². The average Bonchev–Trinajstić information content (AvgIpc) is 3.09. The fourth-order valence-corrected chi connectivity index (χ4v) is 2.70. The summed E-state index contributed by atoms with van der Waals surface area (Å²) in [6, 6.07) is 1.77. The van der Waals surface area contributed by atoms with Gasteiger partial charge in [-0.25, -0.2) is 0 Å². The Hall–Kier alpha value is -0.0800. The third-order valence-corrected chi connectivity index (χ3v) is 3.75. The lowest BCUT2D eigenvalue weighted by molar-refractivity contribution is 0.238. The van der Waals surface area contributed by atoms with E-state index in [1.807, 2.05) is 0 Å². The van der Waals surface area contributed by atoms with Gasteiger partial charge in [-0.3, -0.25) is 0 Å². The van der Waals surface area contributed by atoms with Crippen LogP contribution in [0.25, 0.3) is 0 Å². The van der Waals surface area contributed by atoms with Crippen molar-refractivity contribution in [2.24, 2.45) is 0 Å². The van der Waals surface area contributed by atoms with Gasteiger partial charge in [0, 0.05) is 12.1 Å². The van der Waals surface area contributed by atoms with E-state index in [0.29, 0.717) is 0 Å². The molecule has 2 heteroatoms. The summed E-state index contributed by atoms with van der Waals surface area (Å²) in [4.78, 5) is 2.72. The Balaban J connectivity index is 1.65. The van der Waals surface area contributed by atoms with Gasteiger partial charge in [0.1, 0.15) is 0 Å². The molecule has 1 saturated heterocycles. The first-order valence-corrected chi connectivity index (χ1v) is 6.87. The second kappa shape index (κ2) is 5.86. The summed E-state index contributed by atoms with van der Waals surface area (Å²) in [6.07, 6.45) is 9.83. The van der Waals surface area contributed by atoms with Gasteiger partial charge in [0.2, 0.25) is 0 Å². The number of rotatable bonds is 6. The van der Waals surface area contributed by atoms with E-state index in [0.717, 1.165) is 12.1 Å². The first kappa shape index (κ1) is 11.4. The summed E-state index contributed by atoms with van der Waals surface area (Å²) < 4.78 is 0. The predicted molar refractivity (Wildman–Crippen MR) is 65.1 cm³/mol. The fourth-order valence-electron chi connectivity index (χ4n) is 2.70. The molecule has 1 aliphatic carbocycles. The number of hydrogen-bond acceptors (Lipinski definition) is 2. The first-order chi connectivity index (χ1) is 7.40. The highest BCUT2D eigenvalue weighted by molar-refractivity contribution is 4.85. The van der Waals surface area contributed by atoms with E-state index in [2.05, 4.69) is 17.1 Å². The molecule has 2 rings (SSSR count). The summed E-state index contributed by atoms with van der Waals surface area (Å²) in [5, 5.41) is 3.65. The van der Waals surface area contributed by atoms with Crippen LogP contribution in [0.3, 0.4) is 0 Å². The quantitative estimate of drug-likeness (QED) is 0.724. The maximum absolute atomic E-state index is 3.65. The van der Waals surface area contributed by atoms with Gasteiger partial charge in [-0.15, -0.1) is 0 Å². The normalized spacial score (nSPS) is 27.2. The van der Waals surface area contributed by atoms with Crippen LogP contribution < -0.4 is 5.32 Å². The highest BCUT2D eigenvalue weighted by Gasteiger charge is 2.28. The van der Waals surface area contributed by atoms with Crippen molar-refractivity contribution in [1.82, 2.24) is 10.2 Å². The third-order valence-electron chi connectivity index (χ3n) is 3.75. The molecule has 1 atom stereocenters. The van der Waals surface area contributed by atoms with Gasteiger partial charge in [-0.05, 0) is 58.2 Å². The van der Waals surface area contributed by atoms with Crippen LogP contribution >= 0.6 is 0 Å². The Labute approximate surface area is 94.4 Å². The van der Waals surface area contributed by atoms with Gasteiger partial charge in [0.05, 0.1) is 0 Å². The van der Waals surface area contributed by atoms with E-state index in [1.165, 1.54) is 64.6 Å². The minimum absolute atomic E-state index is 0.817. The maximum Gasteiger partial charge on any atom is 0.00964 e. The van der Waals surface area contributed by atoms with Crippen molar-refractivity contribution in [3.63, 3.8) is 0 Å². The molecule has 1 unspecified atom stereocenters. The highest BCUT2D eigenvalue weighted by atomic mass is 15.2. The highest BCUT2D eigenvalue weighted by Crippen LogP contribution is 2.27. The average molecular weight is 210 g/mol. The van der Waals surface area contributed by atoms with Crippen LogP contribution in [0.4, 0.5) is 0 Å². The topological polar surface area (TPSA) is 15.3 Å². The summed E-state index contributed by atoms with van der Waals surface area (Å²) in [6.45, 7) is 6.20. The summed E-state index contributed by atoms with van der Waals surface area (Å²) in [5.41, 5.74) is 0. The van der Waals surface area contributed by atoms with Crippen molar-refractivity contribution < 1.29 is 0 Å². The van der Waals surface area contributed by atoms with Gasteiger partial charge < -0.3 is 10.2 Å². The minimum Gasteiger partial charge on any atom is -0.314 e. The van der Waals surface area contributed by atoms with E-state index in [4.69, 9.17) is 0 Å². The van der Waals surface area contributed by atoms with Gasteiger partial charge >= 0.3 is 0 Å². The van der Waals surface area contributed by atoms with E-state index < -0.39 is 0 Å². The lowest BCUT2D eigenvalue weighted by Crippen LogP contribution is -2.38. The van der Waals surface area contributed by atoms with Crippen molar-refractivity contribution in [3.8, 4) is 0 Å². The monoisotopic (exact) mass is 210 g/mol. The second-order valence-corrected chi connectivity index (χ2v) is 5.20. The molecule has 1 aliphatic heterocycles. The van der Waals surface area contributed by atoms with E-state index >= 15 is 0 Å². The molecule has 1 saturated carbocycles. The fraction of sp³-hybridized carbons (Fsp3) is 1.00. The van der Waals surface area contributed by atoms with Gasteiger partial charge in [0.25, 0.3) is 0 Å². The van der Waals surface area contributed by atoms with E-state index in [-0.39, 0.29) is 0 Å². The van der Waals surface area contributed by atoms with Crippen molar-refractivity contribution in [2.45, 2.75) is 64.0 Å². The standard InChI is InChI=1S/C13H26N2/c1-2-10-15(13-6-7-13)11-8-12-5-3-4-9-14-12/h12-14H,2-11H2,1H3. The first-order valence-electron chi connectivity index (χ1n) is 6.87. The lowest BCUT2D eigenvalue weighted by Gasteiger charge is -2.27. The van der Waals surface area contributed by atoms with E-state index in [1.54, 1.807) is 0 Å². The molecule has 0 bridgehead atoms. The van der Waals surface area contributed by atoms with Crippen molar-refractivity contribution in [1.29, 1.82) is 0 Å². The van der Waals surface area contributed by atoms with Crippen molar-refractivity contribution >= 4 is 0 Å². The van der Waals surface area contributed by atoms with Crippen LogP contribution in [-0.4, -0.2) is 36.6 Å². The van der Waals surface area contributed by atoms with Crippen LogP contribution in [0, 0.1) is 0 Å². The largest absolute Gasteiger partial charge is 0.314 e. The Morgan fingerprint density at radius 3 is 2.60 bits per heavy atom.